The molecule has 0 atom stereocenters. The van der Waals surface area contributed by atoms with E-state index in [1.165, 1.54) is 54.9 Å². The molecule has 0 spiro atoms. The number of para-hydroxylation sites is 5. The Morgan fingerprint density at radius 3 is 1.88 bits per heavy atom. The Hall–Kier alpha value is -5.74. The smallest absolute Gasteiger partial charge is 0.165 e. The van der Waals surface area contributed by atoms with Crippen molar-refractivity contribution in [3.8, 4) is 16.8 Å². The standard InChI is InChI=1S/C38H22N4/c1-2-9-25(10-3-1)41-33-16-7-4-11-26(33)29-21-23(17-19-34(29)41)24-18-20-35-30(22-24)27-12-8-13-28-36-38(42(35)37(27)28)40-32-15-6-5-14-31(32)39-36/h1-22H. The predicted octanol–water partition coefficient (Wildman–Crippen LogP) is 9.54. The third-order valence-corrected chi connectivity index (χ3v) is 8.83. The zero-order valence-electron chi connectivity index (χ0n) is 22.5. The fourth-order valence-corrected chi connectivity index (χ4v) is 6.99. The Labute approximate surface area is 240 Å². The van der Waals surface area contributed by atoms with Gasteiger partial charge in [-0.2, -0.15) is 0 Å². The monoisotopic (exact) mass is 534 g/mol. The SMILES string of the molecule is c1ccc(-n2c3ccccc3c3cc(-c4ccc5c(c4)c4cccc6c7nc8ccccc8nc7n5c46)ccc32)cc1. The van der Waals surface area contributed by atoms with Crippen molar-refractivity contribution in [2.24, 2.45) is 0 Å². The van der Waals surface area contributed by atoms with Crippen LogP contribution in [0.4, 0.5) is 0 Å². The molecule has 6 aromatic carbocycles. The Bertz CT molecular complexity index is 2680. The highest BCUT2D eigenvalue weighted by Crippen LogP contribution is 2.40. The molecule has 0 fully saturated rings. The van der Waals surface area contributed by atoms with E-state index in [1.54, 1.807) is 0 Å². The number of hydrogen-bond acceptors (Lipinski definition) is 2. The van der Waals surface area contributed by atoms with E-state index in [-0.39, 0.29) is 0 Å². The van der Waals surface area contributed by atoms with E-state index in [0.717, 1.165) is 33.1 Å². The van der Waals surface area contributed by atoms with Gasteiger partial charge in [-0.3, -0.25) is 4.40 Å². The van der Waals surface area contributed by atoms with Crippen LogP contribution < -0.4 is 0 Å². The van der Waals surface area contributed by atoms with Gasteiger partial charge in [-0.25, -0.2) is 9.97 Å². The topological polar surface area (TPSA) is 35.1 Å². The summed E-state index contributed by atoms with van der Waals surface area (Å²) in [5.74, 6) is 0. The number of fused-ring (bicyclic) bond motifs is 10. The summed E-state index contributed by atoms with van der Waals surface area (Å²) in [5, 5.41) is 6.13. The molecule has 0 unspecified atom stereocenters. The lowest BCUT2D eigenvalue weighted by Gasteiger charge is -2.08. The molecule has 0 N–H and O–H groups in total. The molecule has 42 heavy (non-hydrogen) atoms. The highest BCUT2D eigenvalue weighted by Gasteiger charge is 2.20. The summed E-state index contributed by atoms with van der Waals surface area (Å²) in [6.07, 6.45) is 0. The minimum Gasteiger partial charge on any atom is -0.309 e. The molecule has 0 bridgehead atoms. The molecule has 0 aliphatic rings. The van der Waals surface area contributed by atoms with E-state index in [4.69, 9.17) is 9.97 Å². The number of aromatic nitrogens is 4. The Kier molecular flexibility index (Phi) is 4.15. The fraction of sp³-hybridized carbons (Fsp3) is 0. The third kappa shape index (κ3) is 2.80. The molecule has 10 aromatic rings. The van der Waals surface area contributed by atoms with Crippen molar-refractivity contribution in [1.82, 2.24) is 18.9 Å². The molecule has 4 heteroatoms. The first-order valence-electron chi connectivity index (χ1n) is 14.3. The molecule has 0 saturated carbocycles. The van der Waals surface area contributed by atoms with Gasteiger partial charge in [0.05, 0.1) is 33.1 Å². The molecule has 194 valence electrons. The Morgan fingerprint density at radius 1 is 0.429 bits per heavy atom. The van der Waals surface area contributed by atoms with Crippen LogP contribution in [0.25, 0.3) is 88.0 Å². The normalized spacial score (nSPS) is 12.3. The van der Waals surface area contributed by atoms with Crippen molar-refractivity contribution in [2.45, 2.75) is 0 Å². The molecule has 4 heterocycles. The second-order valence-corrected chi connectivity index (χ2v) is 11.1. The van der Waals surface area contributed by atoms with Gasteiger partial charge in [0.1, 0.15) is 5.52 Å². The van der Waals surface area contributed by atoms with Gasteiger partial charge in [0.2, 0.25) is 0 Å². The summed E-state index contributed by atoms with van der Waals surface area (Å²) < 4.78 is 4.66. The van der Waals surface area contributed by atoms with Gasteiger partial charge in [0.15, 0.2) is 5.65 Å². The quantitative estimate of drug-likeness (QED) is 0.221. The second-order valence-electron chi connectivity index (χ2n) is 11.1. The first kappa shape index (κ1) is 22.0. The zero-order chi connectivity index (χ0) is 27.4. The number of rotatable bonds is 2. The summed E-state index contributed by atoms with van der Waals surface area (Å²) in [4.78, 5) is 10.1. The van der Waals surface area contributed by atoms with E-state index >= 15 is 0 Å². The number of nitrogens with zero attached hydrogens (tertiary/aromatic N) is 4. The minimum atomic E-state index is 0.915. The van der Waals surface area contributed by atoms with E-state index in [2.05, 4.69) is 118 Å². The van der Waals surface area contributed by atoms with Crippen LogP contribution in [-0.4, -0.2) is 18.9 Å². The van der Waals surface area contributed by atoms with Gasteiger partial charge in [-0.1, -0.05) is 78.9 Å². The van der Waals surface area contributed by atoms with Gasteiger partial charge in [0.25, 0.3) is 0 Å². The van der Waals surface area contributed by atoms with Crippen molar-refractivity contribution in [2.75, 3.05) is 0 Å². The van der Waals surface area contributed by atoms with Crippen LogP contribution in [0.1, 0.15) is 0 Å². The highest BCUT2D eigenvalue weighted by atomic mass is 15.0. The Morgan fingerprint density at radius 2 is 1.05 bits per heavy atom. The predicted molar refractivity (Wildman–Crippen MR) is 174 cm³/mol. The summed E-state index contributed by atoms with van der Waals surface area (Å²) in [7, 11) is 0. The van der Waals surface area contributed by atoms with Gasteiger partial charge < -0.3 is 4.57 Å². The minimum absolute atomic E-state index is 0.915. The van der Waals surface area contributed by atoms with E-state index in [9.17, 15) is 0 Å². The molecule has 0 saturated heterocycles. The average molecular weight is 535 g/mol. The van der Waals surface area contributed by atoms with Crippen molar-refractivity contribution in [3.05, 3.63) is 133 Å². The second kappa shape index (κ2) is 7.93. The van der Waals surface area contributed by atoms with Crippen molar-refractivity contribution in [3.63, 3.8) is 0 Å². The Balaban J connectivity index is 1.23. The lowest BCUT2D eigenvalue weighted by Crippen LogP contribution is -1.92. The summed E-state index contributed by atoms with van der Waals surface area (Å²) >= 11 is 0. The van der Waals surface area contributed by atoms with Crippen molar-refractivity contribution < 1.29 is 0 Å². The first-order chi connectivity index (χ1) is 20.8. The molecule has 0 aliphatic carbocycles. The van der Waals surface area contributed by atoms with Crippen LogP contribution in [-0.2, 0) is 0 Å². The lowest BCUT2D eigenvalue weighted by molar-refractivity contribution is 1.18. The molecule has 0 radical (unpaired) electrons. The molecule has 4 aromatic heterocycles. The molecule has 10 rings (SSSR count). The zero-order valence-corrected chi connectivity index (χ0v) is 22.5. The molecular weight excluding hydrogens is 512 g/mol. The van der Waals surface area contributed by atoms with Gasteiger partial charge in [-0.05, 0) is 65.7 Å². The van der Waals surface area contributed by atoms with E-state index < -0.39 is 0 Å². The fourth-order valence-electron chi connectivity index (χ4n) is 6.99. The van der Waals surface area contributed by atoms with Crippen LogP contribution in [0.3, 0.4) is 0 Å². The van der Waals surface area contributed by atoms with Gasteiger partial charge in [-0.15, -0.1) is 0 Å². The van der Waals surface area contributed by atoms with Crippen molar-refractivity contribution in [1.29, 1.82) is 0 Å². The van der Waals surface area contributed by atoms with E-state index in [0.29, 0.717) is 0 Å². The number of hydrogen-bond donors (Lipinski definition) is 0. The highest BCUT2D eigenvalue weighted by molar-refractivity contribution is 6.22. The van der Waals surface area contributed by atoms with Crippen LogP contribution in [0.15, 0.2) is 133 Å². The van der Waals surface area contributed by atoms with Crippen LogP contribution in [0.5, 0.6) is 0 Å². The maximum atomic E-state index is 5.09. The summed E-state index contributed by atoms with van der Waals surface area (Å²) in [5.41, 5.74) is 12.1. The molecular formula is C38H22N4. The summed E-state index contributed by atoms with van der Waals surface area (Å²) in [6.45, 7) is 0. The van der Waals surface area contributed by atoms with Crippen LogP contribution in [0.2, 0.25) is 0 Å². The van der Waals surface area contributed by atoms with Gasteiger partial charge in [0, 0.05) is 32.6 Å². The van der Waals surface area contributed by atoms with Gasteiger partial charge >= 0.3 is 0 Å². The largest absolute Gasteiger partial charge is 0.309 e. The maximum Gasteiger partial charge on any atom is 0.165 e. The average Bonchev–Trinajstić information content (AvgIpc) is 3.68. The third-order valence-electron chi connectivity index (χ3n) is 8.83. The molecule has 4 nitrogen and oxygen atoms in total. The maximum absolute atomic E-state index is 5.09. The molecule has 0 aliphatic heterocycles. The number of benzene rings is 6. The van der Waals surface area contributed by atoms with Crippen molar-refractivity contribution >= 4 is 71.2 Å². The van der Waals surface area contributed by atoms with E-state index in [1.807, 2.05) is 24.3 Å². The summed E-state index contributed by atoms with van der Waals surface area (Å²) in [6, 6.07) is 47.7. The molecule has 0 amide bonds. The first-order valence-corrected chi connectivity index (χ1v) is 14.3. The van der Waals surface area contributed by atoms with Crippen LogP contribution >= 0.6 is 0 Å². The van der Waals surface area contributed by atoms with Crippen LogP contribution in [0, 0.1) is 0 Å². The lowest BCUT2D eigenvalue weighted by atomic mass is 10.0.